The molecule has 0 aliphatic carbocycles. The third kappa shape index (κ3) is 3.26. The molecule has 118 valence electrons. The number of hydrogen-bond acceptors (Lipinski definition) is 3. The van der Waals surface area contributed by atoms with Crippen molar-refractivity contribution >= 4 is 6.03 Å². The Bertz CT molecular complexity index is 337. The van der Waals surface area contributed by atoms with Crippen LogP contribution in [0.1, 0.15) is 67.2 Å². The fourth-order valence-electron chi connectivity index (χ4n) is 3.07. The van der Waals surface area contributed by atoms with E-state index < -0.39 is 0 Å². The molecular formula is C15H31N3O2. The Balaban J connectivity index is 2.89. The summed E-state index contributed by atoms with van der Waals surface area (Å²) in [5.41, 5.74) is 2.42. The van der Waals surface area contributed by atoms with Gasteiger partial charge < -0.3 is 5.32 Å². The van der Waals surface area contributed by atoms with E-state index in [-0.39, 0.29) is 17.1 Å². The van der Waals surface area contributed by atoms with Crippen LogP contribution in [0.2, 0.25) is 0 Å². The van der Waals surface area contributed by atoms with Crippen molar-refractivity contribution in [1.82, 2.24) is 15.9 Å². The highest BCUT2D eigenvalue weighted by Gasteiger charge is 2.50. The van der Waals surface area contributed by atoms with E-state index in [0.717, 1.165) is 19.3 Å². The van der Waals surface area contributed by atoms with Gasteiger partial charge in [0.1, 0.15) is 0 Å². The number of amides is 2. The van der Waals surface area contributed by atoms with E-state index in [0.29, 0.717) is 12.5 Å². The standard InChI is InChI=1S/C15H31N3O2/c1-7-14(5)11-10-12(4)15(6,8-2)18(14)20-17-13(19)16-9-3/h12H,7-11H2,1-6H3,(H2,16,17,19). The van der Waals surface area contributed by atoms with E-state index in [1.54, 1.807) is 0 Å². The summed E-state index contributed by atoms with van der Waals surface area (Å²) in [5, 5.41) is 4.72. The molecule has 0 bridgehead atoms. The van der Waals surface area contributed by atoms with Crippen LogP contribution < -0.4 is 10.8 Å². The van der Waals surface area contributed by atoms with Crippen molar-refractivity contribution < 1.29 is 9.73 Å². The number of urea groups is 1. The zero-order valence-corrected chi connectivity index (χ0v) is 13.9. The van der Waals surface area contributed by atoms with Crippen LogP contribution in [-0.4, -0.2) is 28.7 Å². The highest BCUT2D eigenvalue weighted by atomic mass is 16.8. The fraction of sp³-hybridized carbons (Fsp3) is 0.933. The van der Waals surface area contributed by atoms with Gasteiger partial charge in [-0.05, 0) is 52.4 Å². The first kappa shape index (κ1) is 17.2. The molecule has 1 fully saturated rings. The van der Waals surface area contributed by atoms with Gasteiger partial charge in [0, 0.05) is 17.6 Å². The van der Waals surface area contributed by atoms with Gasteiger partial charge in [-0.15, -0.1) is 0 Å². The molecule has 1 heterocycles. The van der Waals surface area contributed by atoms with Crippen LogP contribution in [0.3, 0.4) is 0 Å². The van der Waals surface area contributed by atoms with Crippen LogP contribution in [0, 0.1) is 5.92 Å². The molecule has 1 aliphatic heterocycles. The summed E-state index contributed by atoms with van der Waals surface area (Å²) in [4.78, 5) is 17.3. The van der Waals surface area contributed by atoms with Gasteiger partial charge in [0.2, 0.25) is 0 Å². The molecule has 0 aromatic heterocycles. The van der Waals surface area contributed by atoms with Crippen LogP contribution in [0.5, 0.6) is 0 Å². The van der Waals surface area contributed by atoms with Crippen molar-refractivity contribution in [1.29, 1.82) is 0 Å². The number of carbonyl (C=O) groups is 1. The second kappa shape index (κ2) is 6.76. The van der Waals surface area contributed by atoms with Gasteiger partial charge in [-0.3, -0.25) is 0 Å². The van der Waals surface area contributed by atoms with Gasteiger partial charge in [-0.1, -0.05) is 20.8 Å². The van der Waals surface area contributed by atoms with Crippen LogP contribution in [-0.2, 0) is 4.94 Å². The maximum Gasteiger partial charge on any atom is 0.340 e. The number of carbonyl (C=O) groups excluding carboxylic acids is 1. The van der Waals surface area contributed by atoms with Gasteiger partial charge >= 0.3 is 6.03 Å². The number of rotatable bonds is 5. The lowest BCUT2D eigenvalue weighted by Gasteiger charge is -2.56. The van der Waals surface area contributed by atoms with Crippen molar-refractivity contribution in [2.75, 3.05) is 6.54 Å². The molecule has 0 spiro atoms. The molecule has 1 saturated heterocycles. The summed E-state index contributed by atoms with van der Waals surface area (Å²) in [6.07, 6.45) is 4.25. The second-order valence-electron chi connectivity index (χ2n) is 6.35. The Morgan fingerprint density at radius 1 is 1.30 bits per heavy atom. The predicted molar refractivity (Wildman–Crippen MR) is 80.9 cm³/mol. The van der Waals surface area contributed by atoms with Crippen LogP contribution in [0.25, 0.3) is 0 Å². The van der Waals surface area contributed by atoms with Crippen molar-refractivity contribution in [3.63, 3.8) is 0 Å². The minimum absolute atomic E-state index is 0.0449. The van der Waals surface area contributed by atoms with Crippen LogP contribution in [0.4, 0.5) is 4.79 Å². The minimum Gasteiger partial charge on any atom is -0.337 e. The van der Waals surface area contributed by atoms with Gasteiger partial charge in [-0.25, -0.2) is 4.79 Å². The number of hydrogen-bond donors (Lipinski definition) is 2. The molecule has 0 saturated carbocycles. The van der Waals surface area contributed by atoms with Crippen molar-refractivity contribution in [2.24, 2.45) is 5.92 Å². The highest BCUT2D eigenvalue weighted by Crippen LogP contribution is 2.45. The van der Waals surface area contributed by atoms with Crippen molar-refractivity contribution in [3.8, 4) is 0 Å². The Morgan fingerprint density at radius 2 is 1.95 bits per heavy atom. The van der Waals surface area contributed by atoms with E-state index in [9.17, 15) is 4.79 Å². The molecule has 0 radical (unpaired) electrons. The third-order valence-electron chi connectivity index (χ3n) is 5.18. The lowest BCUT2D eigenvalue weighted by molar-refractivity contribution is -0.324. The first-order chi connectivity index (χ1) is 9.34. The summed E-state index contributed by atoms with van der Waals surface area (Å²) in [6.45, 7) is 13.5. The zero-order valence-electron chi connectivity index (χ0n) is 13.9. The minimum atomic E-state index is -0.289. The number of nitrogens with one attached hydrogen (secondary N) is 2. The van der Waals surface area contributed by atoms with E-state index >= 15 is 0 Å². The molecule has 5 nitrogen and oxygen atoms in total. The molecule has 3 unspecified atom stereocenters. The van der Waals surface area contributed by atoms with E-state index in [1.807, 2.05) is 12.0 Å². The van der Waals surface area contributed by atoms with Crippen LogP contribution in [0.15, 0.2) is 0 Å². The normalized spacial score (nSPS) is 34.8. The second-order valence-corrected chi connectivity index (χ2v) is 6.35. The Morgan fingerprint density at radius 3 is 2.45 bits per heavy atom. The molecule has 3 atom stereocenters. The molecule has 2 N–H and O–H groups in total. The number of hydroxylamine groups is 3. The molecule has 1 rings (SSSR count). The van der Waals surface area contributed by atoms with Gasteiger partial charge in [0.05, 0.1) is 0 Å². The first-order valence-corrected chi connectivity index (χ1v) is 7.85. The molecule has 0 aromatic rings. The zero-order chi connectivity index (χ0) is 15.4. The molecule has 1 aliphatic rings. The fourth-order valence-corrected chi connectivity index (χ4v) is 3.07. The Labute approximate surface area is 123 Å². The lowest BCUT2D eigenvalue weighted by atomic mass is 9.71. The summed E-state index contributed by atoms with van der Waals surface area (Å²) in [7, 11) is 0. The van der Waals surface area contributed by atoms with E-state index in [1.165, 1.54) is 6.42 Å². The van der Waals surface area contributed by atoms with Crippen molar-refractivity contribution in [3.05, 3.63) is 0 Å². The van der Waals surface area contributed by atoms with Gasteiger partial charge in [0.15, 0.2) is 0 Å². The van der Waals surface area contributed by atoms with E-state index in [2.05, 4.69) is 45.4 Å². The quantitative estimate of drug-likeness (QED) is 0.763. The van der Waals surface area contributed by atoms with Crippen molar-refractivity contribution in [2.45, 2.75) is 78.3 Å². The van der Waals surface area contributed by atoms with Gasteiger partial charge in [0.25, 0.3) is 0 Å². The summed E-state index contributed by atoms with van der Waals surface area (Å²) < 4.78 is 0. The average Bonchev–Trinajstić information content (AvgIpc) is 2.43. The smallest absolute Gasteiger partial charge is 0.337 e. The highest BCUT2D eigenvalue weighted by molar-refractivity contribution is 5.72. The van der Waals surface area contributed by atoms with E-state index in [4.69, 9.17) is 4.94 Å². The Kier molecular flexibility index (Phi) is 5.83. The first-order valence-electron chi connectivity index (χ1n) is 7.85. The number of piperidine rings is 1. The maximum absolute atomic E-state index is 11.6. The van der Waals surface area contributed by atoms with Gasteiger partial charge in [-0.2, -0.15) is 15.5 Å². The largest absolute Gasteiger partial charge is 0.340 e. The molecule has 5 heteroatoms. The number of nitrogens with zero attached hydrogens (tertiary/aromatic N) is 1. The lowest BCUT2D eigenvalue weighted by Crippen LogP contribution is -2.65. The summed E-state index contributed by atoms with van der Waals surface area (Å²) >= 11 is 0. The molecule has 0 aromatic carbocycles. The average molecular weight is 285 g/mol. The SMILES string of the molecule is CCNC(=O)NON1C(C)(CC)CCC(C)C1(C)CC. The Hall–Kier alpha value is -0.810. The molecular weight excluding hydrogens is 254 g/mol. The summed E-state index contributed by atoms with van der Waals surface area (Å²) in [6, 6.07) is -0.289. The maximum atomic E-state index is 11.6. The summed E-state index contributed by atoms with van der Waals surface area (Å²) in [5.74, 6) is 0.531. The molecule has 20 heavy (non-hydrogen) atoms. The predicted octanol–water partition coefficient (Wildman–Crippen LogP) is 3.22. The third-order valence-corrected chi connectivity index (χ3v) is 5.18. The molecule has 2 amide bonds. The monoisotopic (exact) mass is 285 g/mol. The topological polar surface area (TPSA) is 53.6 Å². The van der Waals surface area contributed by atoms with Crippen LogP contribution >= 0.6 is 0 Å².